The quantitative estimate of drug-likeness (QED) is 0.740. The van der Waals surface area contributed by atoms with Crippen molar-refractivity contribution in [1.82, 2.24) is 4.98 Å². The van der Waals surface area contributed by atoms with E-state index in [0.717, 1.165) is 26.7 Å². The predicted octanol–water partition coefficient (Wildman–Crippen LogP) is 3.97. The molecule has 0 amide bonds. The molecular formula is C11H9BrClNO. The Morgan fingerprint density at radius 2 is 2.13 bits per heavy atom. The third-order valence-electron chi connectivity index (χ3n) is 2.24. The lowest BCUT2D eigenvalue weighted by Gasteiger charge is -2.07. The van der Waals surface area contributed by atoms with Gasteiger partial charge >= 0.3 is 0 Å². The van der Waals surface area contributed by atoms with Crippen molar-refractivity contribution >= 4 is 38.4 Å². The first-order chi connectivity index (χ1) is 7.13. The summed E-state index contributed by atoms with van der Waals surface area (Å²) >= 11 is 9.47. The molecule has 0 atom stereocenters. The lowest BCUT2D eigenvalue weighted by molar-refractivity contribution is 0.419. The zero-order chi connectivity index (χ0) is 11.0. The van der Waals surface area contributed by atoms with Gasteiger partial charge in [-0.05, 0) is 30.7 Å². The van der Waals surface area contributed by atoms with Crippen molar-refractivity contribution in [3.8, 4) is 5.75 Å². The molecule has 0 fully saturated rings. The lowest BCUT2D eigenvalue weighted by Crippen LogP contribution is -1.90. The standard InChI is InChI=1S/C11H9BrClNO/c1-6-5-7-8(12)3-4-9(15-2)10(7)14-11(6)13/h3-5H,1-2H3. The highest BCUT2D eigenvalue weighted by atomic mass is 79.9. The van der Waals surface area contributed by atoms with Crippen LogP contribution in [0.2, 0.25) is 5.15 Å². The van der Waals surface area contributed by atoms with E-state index in [4.69, 9.17) is 16.3 Å². The van der Waals surface area contributed by atoms with Crippen molar-refractivity contribution in [3.63, 3.8) is 0 Å². The molecule has 0 unspecified atom stereocenters. The van der Waals surface area contributed by atoms with Crippen molar-refractivity contribution < 1.29 is 4.74 Å². The molecule has 0 saturated carbocycles. The fraction of sp³-hybridized carbons (Fsp3) is 0.182. The highest BCUT2D eigenvalue weighted by molar-refractivity contribution is 9.10. The zero-order valence-corrected chi connectivity index (χ0v) is 10.7. The minimum Gasteiger partial charge on any atom is -0.494 e. The van der Waals surface area contributed by atoms with E-state index in [0.29, 0.717) is 5.15 Å². The SMILES string of the molecule is COc1ccc(Br)c2cc(C)c(Cl)nc12. The molecule has 0 aliphatic rings. The van der Waals surface area contributed by atoms with E-state index in [9.17, 15) is 0 Å². The number of nitrogens with zero attached hydrogens (tertiary/aromatic N) is 1. The van der Waals surface area contributed by atoms with Crippen molar-refractivity contribution in [2.24, 2.45) is 0 Å². The molecule has 0 N–H and O–H groups in total. The number of benzene rings is 1. The van der Waals surface area contributed by atoms with Crippen LogP contribution in [0.1, 0.15) is 5.56 Å². The minimum atomic E-state index is 0.513. The molecule has 2 nitrogen and oxygen atoms in total. The highest BCUT2D eigenvalue weighted by Crippen LogP contribution is 2.32. The summed E-state index contributed by atoms with van der Waals surface area (Å²) in [6, 6.07) is 5.80. The van der Waals surface area contributed by atoms with Crippen LogP contribution in [-0.4, -0.2) is 12.1 Å². The summed E-state index contributed by atoms with van der Waals surface area (Å²) in [6.07, 6.45) is 0. The summed E-state index contributed by atoms with van der Waals surface area (Å²) in [5.74, 6) is 0.732. The molecular weight excluding hydrogens is 277 g/mol. The van der Waals surface area contributed by atoms with Gasteiger partial charge < -0.3 is 4.74 Å². The predicted molar refractivity (Wildman–Crippen MR) is 65.7 cm³/mol. The summed E-state index contributed by atoms with van der Waals surface area (Å²) in [5, 5.41) is 1.52. The minimum absolute atomic E-state index is 0.513. The van der Waals surface area contributed by atoms with Crippen LogP contribution >= 0.6 is 27.5 Å². The van der Waals surface area contributed by atoms with E-state index in [2.05, 4.69) is 20.9 Å². The maximum Gasteiger partial charge on any atom is 0.145 e. The Morgan fingerprint density at radius 3 is 2.80 bits per heavy atom. The molecule has 0 spiro atoms. The molecule has 78 valence electrons. The van der Waals surface area contributed by atoms with Gasteiger partial charge in [0.2, 0.25) is 0 Å². The maximum absolute atomic E-state index is 5.99. The Kier molecular flexibility index (Phi) is 2.85. The number of hydrogen-bond donors (Lipinski definition) is 0. The second kappa shape index (κ2) is 3.99. The molecule has 15 heavy (non-hydrogen) atoms. The van der Waals surface area contributed by atoms with Crippen molar-refractivity contribution in [2.75, 3.05) is 7.11 Å². The topological polar surface area (TPSA) is 22.1 Å². The monoisotopic (exact) mass is 285 g/mol. The van der Waals surface area contributed by atoms with Crippen molar-refractivity contribution in [3.05, 3.63) is 33.4 Å². The van der Waals surface area contributed by atoms with Crippen LogP contribution in [0.4, 0.5) is 0 Å². The average Bonchev–Trinajstić information content (AvgIpc) is 2.22. The summed E-state index contributed by atoms with van der Waals surface area (Å²) in [7, 11) is 1.62. The first kappa shape index (κ1) is 10.7. The maximum atomic E-state index is 5.99. The molecule has 2 rings (SSSR count). The number of halogens is 2. The number of aryl methyl sites for hydroxylation is 1. The zero-order valence-electron chi connectivity index (χ0n) is 8.34. The van der Waals surface area contributed by atoms with Gasteiger partial charge in [0.1, 0.15) is 16.4 Å². The first-order valence-electron chi connectivity index (χ1n) is 4.43. The van der Waals surface area contributed by atoms with Gasteiger partial charge in [-0.15, -0.1) is 0 Å². The second-order valence-electron chi connectivity index (χ2n) is 3.24. The normalized spacial score (nSPS) is 10.7. The van der Waals surface area contributed by atoms with Gasteiger partial charge in [0.25, 0.3) is 0 Å². The molecule has 0 saturated heterocycles. The number of hydrogen-bond acceptors (Lipinski definition) is 2. The first-order valence-corrected chi connectivity index (χ1v) is 5.60. The van der Waals surface area contributed by atoms with Gasteiger partial charge in [-0.2, -0.15) is 0 Å². The largest absolute Gasteiger partial charge is 0.494 e. The van der Waals surface area contributed by atoms with Crippen molar-refractivity contribution in [1.29, 1.82) is 0 Å². The molecule has 0 aliphatic carbocycles. The van der Waals surface area contributed by atoms with Crippen LogP contribution in [0.3, 0.4) is 0 Å². The van der Waals surface area contributed by atoms with Crippen LogP contribution in [0.5, 0.6) is 5.75 Å². The smallest absolute Gasteiger partial charge is 0.145 e. The van der Waals surface area contributed by atoms with E-state index in [-0.39, 0.29) is 0 Å². The number of ether oxygens (including phenoxy) is 1. The molecule has 0 aliphatic heterocycles. The Bertz CT molecular complexity index is 527. The lowest BCUT2D eigenvalue weighted by atomic mass is 10.1. The number of fused-ring (bicyclic) bond motifs is 1. The van der Waals surface area contributed by atoms with Crippen LogP contribution in [0, 0.1) is 6.92 Å². The van der Waals surface area contributed by atoms with Crippen LogP contribution in [0.25, 0.3) is 10.9 Å². The van der Waals surface area contributed by atoms with E-state index in [1.165, 1.54) is 0 Å². The Hall–Kier alpha value is -0.800. The van der Waals surface area contributed by atoms with Gasteiger partial charge in [-0.1, -0.05) is 27.5 Å². The molecule has 1 aromatic heterocycles. The Labute approximate surface area is 101 Å². The van der Waals surface area contributed by atoms with Gasteiger partial charge in [0.15, 0.2) is 0 Å². The summed E-state index contributed by atoms with van der Waals surface area (Å²) in [6.45, 7) is 1.93. The number of methoxy groups -OCH3 is 1. The summed E-state index contributed by atoms with van der Waals surface area (Å²) in [5.41, 5.74) is 1.74. The molecule has 0 bridgehead atoms. The summed E-state index contributed by atoms with van der Waals surface area (Å²) in [4.78, 5) is 4.32. The highest BCUT2D eigenvalue weighted by Gasteiger charge is 2.08. The van der Waals surface area contributed by atoms with E-state index < -0.39 is 0 Å². The molecule has 2 aromatic rings. The van der Waals surface area contributed by atoms with Gasteiger partial charge in [0.05, 0.1) is 7.11 Å². The van der Waals surface area contributed by atoms with Gasteiger partial charge in [-0.3, -0.25) is 0 Å². The van der Waals surface area contributed by atoms with Crippen LogP contribution in [0.15, 0.2) is 22.7 Å². The number of aromatic nitrogens is 1. The third kappa shape index (κ3) is 1.82. The molecule has 0 radical (unpaired) electrons. The van der Waals surface area contributed by atoms with Crippen LogP contribution < -0.4 is 4.74 Å². The fourth-order valence-corrected chi connectivity index (χ4v) is 2.02. The van der Waals surface area contributed by atoms with Gasteiger partial charge in [-0.25, -0.2) is 4.98 Å². The van der Waals surface area contributed by atoms with Crippen molar-refractivity contribution in [2.45, 2.75) is 6.92 Å². The fourth-order valence-electron chi connectivity index (χ4n) is 1.44. The molecule has 1 heterocycles. The Morgan fingerprint density at radius 1 is 1.40 bits per heavy atom. The molecule has 4 heteroatoms. The van der Waals surface area contributed by atoms with E-state index in [1.807, 2.05) is 25.1 Å². The van der Waals surface area contributed by atoms with Gasteiger partial charge in [0, 0.05) is 9.86 Å². The Balaban J connectivity index is 2.88. The van der Waals surface area contributed by atoms with E-state index in [1.54, 1.807) is 7.11 Å². The number of rotatable bonds is 1. The number of pyridine rings is 1. The molecule has 1 aromatic carbocycles. The average molecular weight is 287 g/mol. The van der Waals surface area contributed by atoms with Crippen LogP contribution in [-0.2, 0) is 0 Å². The van der Waals surface area contributed by atoms with E-state index >= 15 is 0 Å². The summed E-state index contributed by atoms with van der Waals surface area (Å²) < 4.78 is 6.23. The second-order valence-corrected chi connectivity index (χ2v) is 4.45. The third-order valence-corrected chi connectivity index (χ3v) is 3.32.